The van der Waals surface area contributed by atoms with E-state index in [1.54, 1.807) is 6.20 Å². The lowest BCUT2D eigenvalue weighted by Crippen LogP contribution is -2.32. The fourth-order valence-corrected chi connectivity index (χ4v) is 1.84. The lowest BCUT2D eigenvalue weighted by Gasteiger charge is -2.21. The van der Waals surface area contributed by atoms with Gasteiger partial charge in [0.2, 0.25) is 0 Å². The number of aromatic nitrogens is 2. The van der Waals surface area contributed by atoms with E-state index in [0.29, 0.717) is 0 Å². The van der Waals surface area contributed by atoms with Gasteiger partial charge in [-0.05, 0) is 6.26 Å². The van der Waals surface area contributed by atoms with Crippen LogP contribution in [0, 0.1) is 0 Å². The fraction of sp³-hybridized carbons (Fsp3) is 0.556. The van der Waals surface area contributed by atoms with E-state index >= 15 is 0 Å². The van der Waals surface area contributed by atoms with E-state index in [9.17, 15) is 5.11 Å². The van der Waals surface area contributed by atoms with Crippen molar-refractivity contribution in [3.05, 3.63) is 11.8 Å². The first-order valence-corrected chi connectivity index (χ1v) is 5.64. The molecular formula is C9H13N3OS. The van der Waals surface area contributed by atoms with Crippen LogP contribution in [-0.4, -0.2) is 27.6 Å². The molecule has 0 bridgehead atoms. The Kier molecular flexibility index (Phi) is 2.16. The number of fused-ring (bicyclic) bond motifs is 1. The standard InChI is InChI=1S/C9H13N3OS/c1-9(2)5-4-10-8(14-3)12-6(5)11-7(9)13/h4,7,13H,1-3H3,(H,10,11,12). The zero-order chi connectivity index (χ0) is 10.3. The second-order valence-corrected chi connectivity index (χ2v) is 4.66. The number of nitrogens with one attached hydrogen (secondary N) is 1. The maximum atomic E-state index is 9.76. The molecule has 4 nitrogen and oxygen atoms in total. The fourth-order valence-electron chi connectivity index (χ4n) is 1.50. The Labute approximate surface area is 87.2 Å². The molecule has 5 heteroatoms. The summed E-state index contributed by atoms with van der Waals surface area (Å²) in [5, 5.41) is 13.4. The maximum Gasteiger partial charge on any atom is 0.189 e. The quantitative estimate of drug-likeness (QED) is 0.540. The van der Waals surface area contributed by atoms with E-state index in [2.05, 4.69) is 15.3 Å². The van der Waals surface area contributed by atoms with E-state index in [1.165, 1.54) is 11.8 Å². The Morgan fingerprint density at radius 3 is 2.93 bits per heavy atom. The van der Waals surface area contributed by atoms with Crippen molar-refractivity contribution < 1.29 is 5.11 Å². The van der Waals surface area contributed by atoms with Crippen LogP contribution in [0.1, 0.15) is 19.4 Å². The third-order valence-corrected chi connectivity index (χ3v) is 3.16. The van der Waals surface area contributed by atoms with Gasteiger partial charge in [0, 0.05) is 17.2 Å². The molecule has 0 radical (unpaired) electrons. The molecule has 76 valence electrons. The van der Waals surface area contributed by atoms with Gasteiger partial charge in [-0.3, -0.25) is 0 Å². The van der Waals surface area contributed by atoms with E-state index < -0.39 is 6.23 Å². The van der Waals surface area contributed by atoms with Gasteiger partial charge in [0.1, 0.15) is 12.0 Å². The predicted octanol–water partition coefficient (Wildman–Crippen LogP) is 1.22. The molecule has 14 heavy (non-hydrogen) atoms. The van der Waals surface area contributed by atoms with E-state index in [-0.39, 0.29) is 5.41 Å². The van der Waals surface area contributed by atoms with Crippen molar-refractivity contribution in [1.82, 2.24) is 9.97 Å². The van der Waals surface area contributed by atoms with Gasteiger partial charge < -0.3 is 10.4 Å². The van der Waals surface area contributed by atoms with Crippen LogP contribution in [0.15, 0.2) is 11.4 Å². The van der Waals surface area contributed by atoms with E-state index in [1.807, 2.05) is 20.1 Å². The van der Waals surface area contributed by atoms with Crippen LogP contribution >= 0.6 is 11.8 Å². The average molecular weight is 211 g/mol. The number of nitrogens with zero attached hydrogens (tertiary/aromatic N) is 2. The largest absolute Gasteiger partial charge is 0.373 e. The molecule has 1 unspecified atom stereocenters. The first-order valence-electron chi connectivity index (χ1n) is 4.42. The van der Waals surface area contributed by atoms with Gasteiger partial charge in [0.05, 0.1) is 0 Å². The number of hydrogen-bond donors (Lipinski definition) is 2. The summed E-state index contributed by atoms with van der Waals surface area (Å²) in [6.45, 7) is 3.94. The zero-order valence-corrected chi connectivity index (χ0v) is 9.22. The summed E-state index contributed by atoms with van der Waals surface area (Å²) < 4.78 is 0. The first-order chi connectivity index (χ1) is 6.55. The van der Waals surface area contributed by atoms with Crippen LogP contribution in [-0.2, 0) is 5.41 Å². The Bertz CT molecular complexity index is 367. The second-order valence-electron chi connectivity index (χ2n) is 3.89. The van der Waals surface area contributed by atoms with Crippen LogP contribution in [0.2, 0.25) is 0 Å². The SMILES string of the molecule is CSc1ncc2c(n1)NC(O)C2(C)C. The number of anilines is 1. The van der Waals surface area contributed by atoms with Crippen LogP contribution in [0.25, 0.3) is 0 Å². The van der Waals surface area contributed by atoms with Gasteiger partial charge in [0.15, 0.2) is 5.16 Å². The Hall–Kier alpha value is -0.810. The van der Waals surface area contributed by atoms with E-state index in [0.717, 1.165) is 16.5 Å². The minimum absolute atomic E-state index is 0.313. The van der Waals surface area contributed by atoms with Crippen molar-refractivity contribution in [1.29, 1.82) is 0 Å². The Morgan fingerprint density at radius 1 is 1.57 bits per heavy atom. The monoisotopic (exact) mass is 211 g/mol. The van der Waals surface area contributed by atoms with Gasteiger partial charge in [-0.15, -0.1) is 0 Å². The van der Waals surface area contributed by atoms with Crippen molar-refractivity contribution in [3.8, 4) is 0 Å². The van der Waals surface area contributed by atoms with Gasteiger partial charge in [-0.2, -0.15) is 0 Å². The highest BCUT2D eigenvalue weighted by atomic mass is 32.2. The summed E-state index contributed by atoms with van der Waals surface area (Å²) in [5.74, 6) is 0.752. The molecular weight excluding hydrogens is 198 g/mol. The molecule has 0 aromatic carbocycles. The molecule has 0 saturated heterocycles. The average Bonchev–Trinajstić information content (AvgIpc) is 2.38. The summed E-state index contributed by atoms with van der Waals surface area (Å²) in [5.41, 5.74) is 0.662. The van der Waals surface area contributed by atoms with Crippen LogP contribution in [0.5, 0.6) is 0 Å². The predicted molar refractivity (Wildman–Crippen MR) is 56.5 cm³/mol. The summed E-state index contributed by atoms with van der Waals surface area (Å²) >= 11 is 1.49. The van der Waals surface area contributed by atoms with Crippen molar-refractivity contribution in [2.45, 2.75) is 30.6 Å². The molecule has 2 N–H and O–H groups in total. The molecule has 0 aliphatic carbocycles. The molecule has 0 fully saturated rings. The van der Waals surface area contributed by atoms with Gasteiger partial charge in [-0.1, -0.05) is 25.6 Å². The number of hydrogen-bond acceptors (Lipinski definition) is 5. The minimum atomic E-state index is -0.580. The molecule has 0 amide bonds. The van der Waals surface area contributed by atoms with Gasteiger partial charge in [0.25, 0.3) is 0 Å². The second kappa shape index (κ2) is 3.10. The molecule has 1 aromatic heterocycles. The molecule has 2 heterocycles. The summed E-state index contributed by atoms with van der Waals surface area (Å²) in [6, 6.07) is 0. The summed E-state index contributed by atoms with van der Waals surface area (Å²) in [7, 11) is 0. The van der Waals surface area contributed by atoms with Crippen LogP contribution < -0.4 is 5.32 Å². The van der Waals surface area contributed by atoms with Crippen LogP contribution in [0.4, 0.5) is 5.82 Å². The smallest absolute Gasteiger partial charge is 0.189 e. The highest BCUT2D eigenvalue weighted by Crippen LogP contribution is 2.38. The number of aliphatic hydroxyl groups excluding tert-OH is 1. The van der Waals surface area contributed by atoms with Crippen molar-refractivity contribution in [2.24, 2.45) is 0 Å². The number of aliphatic hydroxyl groups is 1. The molecule has 1 aliphatic heterocycles. The zero-order valence-electron chi connectivity index (χ0n) is 8.40. The third kappa shape index (κ3) is 1.27. The Morgan fingerprint density at radius 2 is 2.29 bits per heavy atom. The summed E-state index contributed by atoms with van der Waals surface area (Å²) in [4.78, 5) is 8.50. The van der Waals surface area contributed by atoms with Crippen molar-refractivity contribution >= 4 is 17.6 Å². The molecule has 2 rings (SSSR count). The summed E-state index contributed by atoms with van der Waals surface area (Å²) in [6.07, 6.45) is 3.14. The van der Waals surface area contributed by atoms with Crippen molar-refractivity contribution in [3.63, 3.8) is 0 Å². The molecule has 0 saturated carbocycles. The molecule has 1 aromatic rings. The lowest BCUT2D eigenvalue weighted by molar-refractivity contribution is 0.137. The van der Waals surface area contributed by atoms with Crippen LogP contribution in [0.3, 0.4) is 0 Å². The highest BCUT2D eigenvalue weighted by Gasteiger charge is 2.39. The molecule has 1 atom stereocenters. The Balaban J connectivity index is 2.48. The molecule has 1 aliphatic rings. The van der Waals surface area contributed by atoms with Gasteiger partial charge >= 0.3 is 0 Å². The minimum Gasteiger partial charge on any atom is -0.373 e. The normalized spacial score (nSPS) is 23.0. The molecule has 0 spiro atoms. The van der Waals surface area contributed by atoms with Crippen molar-refractivity contribution in [2.75, 3.05) is 11.6 Å². The first kappa shape index (κ1) is 9.73. The number of rotatable bonds is 1. The third-order valence-electron chi connectivity index (χ3n) is 2.60. The highest BCUT2D eigenvalue weighted by molar-refractivity contribution is 7.98. The van der Waals surface area contributed by atoms with E-state index in [4.69, 9.17) is 0 Å². The van der Waals surface area contributed by atoms with Gasteiger partial charge in [-0.25, -0.2) is 9.97 Å². The maximum absolute atomic E-state index is 9.76. The topological polar surface area (TPSA) is 58.0 Å². The lowest BCUT2D eigenvalue weighted by atomic mass is 9.87. The number of thioether (sulfide) groups is 1.